The lowest BCUT2D eigenvalue weighted by molar-refractivity contribution is -0.0537. The number of benzene rings is 2. The van der Waals surface area contributed by atoms with E-state index in [0.29, 0.717) is 0 Å². The van der Waals surface area contributed by atoms with E-state index in [0.717, 1.165) is 36.4 Å². The zero-order valence-electron chi connectivity index (χ0n) is 28.2. The van der Waals surface area contributed by atoms with E-state index in [2.05, 4.69) is 0 Å². The number of carboxylic acids is 1. The molecule has 0 radical (unpaired) electrons. The average molecular weight is 693 g/mol. The first-order chi connectivity index (χ1) is 22.8. The van der Waals surface area contributed by atoms with E-state index in [1.165, 1.54) is 9.80 Å². The molecule has 13 nitrogen and oxygen atoms in total. The van der Waals surface area contributed by atoms with Gasteiger partial charge in [-0.25, -0.2) is 28.0 Å². The first-order valence-corrected chi connectivity index (χ1v) is 15.8. The Morgan fingerprint density at radius 2 is 1.18 bits per heavy atom. The highest BCUT2D eigenvalue weighted by molar-refractivity contribution is 5.93. The van der Waals surface area contributed by atoms with Gasteiger partial charge in [-0.05, 0) is 65.8 Å². The minimum absolute atomic E-state index is 0.0436. The van der Waals surface area contributed by atoms with Gasteiger partial charge >= 0.3 is 24.1 Å². The number of hydrogen-bond acceptors (Lipinski definition) is 10. The summed E-state index contributed by atoms with van der Waals surface area (Å²) in [7, 11) is 0. The normalized spacial score (nSPS) is 21.4. The topological polar surface area (TPSA) is 161 Å². The zero-order valence-corrected chi connectivity index (χ0v) is 28.2. The number of ether oxygens (including phenoxy) is 5. The Kier molecular flexibility index (Phi) is 11.3. The number of halogens is 2. The van der Waals surface area contributed by atoms with Gasteiger partial charge in [0.15, 0.2) is 6.10 Å². The van der Waals surface area contributed by atoms with E-state index in [9.17, 15) is 38.2 Å². The van der Waals surface area contributed by atoms with Crippen LogP contribution in [0.15, 0.2) is 36.4 Å². The molecule has 2 fully saturated rings. The van der Waals surface area contributed by atoms with Crippen molar-refractivity contribution in [2.45, 2.75) is 90.0 Å². The second-order valence-electron chi connectivity index (χ2n) is 13.8. The van der Waals surface area contributed by atoms with Crippen LogP contribution in [0.1, 0.15) is 75.1 Å². The van der Waals surface area contributed by atoms with E-state index < -0.39 is 71.4 Å². The smallest absolute Gasteiger partial charge is 0.410 e. The molecule has 2 heterocycles. The van der Waals surface area contributed by atoms with Crippen LogP contribution in [-0.2, 0) is 14.2 Å². The van der Waals surface area contributed by atoms with Gasteiger partial charge in [0.2, 0.25) is 0 Å². The van der Waals surface area contributed by atoms with Crippen LogP contribution in [-0.4, -0.2) is 106 Å². The molecule has 4 rings (SSSR count). The maximum atomic E-state index is 14.4. The molecule has 0 spiro atoms. The zero-order chi connectivity index (χ0) is 36.3. The van der Waals surface area contributed by atoms with Gasteiger partial charge in [-0.15, -0.1) is 0 Å². The molecule has 2 aromatic carbocycles. The third-order valence-electron chi connectivity index (χ3n) is 7.47. The molecular weight excluding hydrogens is 650 g/mol. The number of esters is 1. The number of likely N-dealkylation sites (tertiary alicyclic amines) is 2. The second kappa shape index (κ2) is 14.8. The SMILES string of the molecule is CC(C)(C)OC(=O)N1CC[C@@H](Oc2cc(F)ccc2C(=O)O[C@H]2CN(C(=O)OC(C)(C)C)CC[C@@H]2Oc2cc(F)ccc2C(=O)O)[C@H](O)C1. The predicted molar refractivity (Wildman–Crippen MR) is 169 cm³/mol. The van der Waals surface area contributed by atoms with Crippen molar-refractivity contribution in [1.29, 1.82) is 0 Å². The van der Waals surface area contributed by atoms with Crippen molar-refractivity contribution in [3.8, 4) is 11.5 Å². The monoisotopic (exact) mass is 692 g/mol. The largest absolute Gasteiger partial charge is 0.487 e. The summed E-state index contributed by atoms with van der Waals surface area (Å²) in [5.41, 5.74) is -2.11. The summed E-state index contributed by atoms with van der Waals surface area (Å²) in [6.45, 7) is 10.1. The van der Waals surface area contributed by atoms with Gasteiger partial charge < -0.3 is 43.7 Å². The standard InChI is InChI=1S/C34H42F2N2O11/c1-33(2,3)48-31(43)37-13-11-24(23(39)17-37)45-27-16-20(36)8-10-22(27)30(42)47-28-18-38(32(44)49-34(4,5)6)14-12-25(28)46-26-15-19(35)7-9-21(26)29(40)41/h7-10,15-16,23-25,28,39H,11-14,17-18H2,1-6H3,(H,40,41)/t23-,24-,25+,28+/m1/s1. The lowest BCUT2D eigenvalue weighted by Gasteiger charge is -2.38. The fraction of sp³-hybridized carbons (Fsp3) is 0.529. The van der Waals surface area contributed by atoms with Gasteiger partial charge in [-0.1, -0.05) is 0 Å². The highest BCUT2D eigenvalue weighted by Crippen LogP contribution is 2.30. The first-order valence-electron chi connectivity index (χ1n) is 15.8. The van der Waals surface area contributed by atoms with E-state index >= 15 is 0 Å². The Hall–Kier alpha value is -4.66. The molecule has 15 heteroatoms. The molecule has 2 saturated heterocycles. The molecule has 2 aliphatic rings. The number of aliphatic hydroxyl groups excluding tert-OH is 1. The number of piperidine rings is 2. The Morgan fingerprint density at radius 3 is 1.69 bits per heavy atom. The molecule has 0 unspecified atom stereocenters. The van der Waals surface area contributed by atoms with Gasteiger partial charge in [0.05, 0.1) is 13.1 Å². The maximum absolute atomic E-state index is 14.4. The van der Waals surface area contributed by atoms with Crippen molar-refractivity contribution in [3.63, 3.8) is 0 Å². The summed E-state index contributed by atoms with van der Waals surface area (Å²) in [4.78, 5) is 53.5. The van der Waals surface area contributed by atoms with Gasteiger partial charge in [0, 0.05) is 38.1 Å². The number of aliphatic hydroxyl groups is 1. The number of carbonyl (C=O) groups excluding carboxylic acids is 3. The van der Waals surface area contributed by atoms with Crippen LogP contribution in [0, 0.1) is 11.6 Å². The molecule has 0 aliphatic carbocycles. The number of nitrogens with zero attached hydrogens (tertiary/aromatic N) is 2. The third-order valence-corrected chi connectivity index (χ3v) is 7.47. The fourth-order valence-corrected chi connectivity index (χ4v) is 5.24. The summed E-state index contributed by atoms with van der Waals surface area (Å²) in [5, 5.41) is 20.4. The van der Waals surface area contributed by atoms with Crippen molar-refractivity contribution in [2.24, 2.45) is 0 Å². The van der Waals surface area contributed by atoms with Crippen molar-refractivity contribution < 1.29 is 61.9 Å². The molecule has 2 aromatic rings. The van der Waals surface area contributed by atoms with Gasteiger partial charge in [-0.2, -0.15) is 0 Å². The third kappa shape index (κ3) is 10.2. The predicted octanol–water partition coefficient (Wildman–Crippen LogP) is 5.03. The minimum atomic E-state index is -1.37. The van der Waals surface area contributed by atoms with Crippen LogP contribution in [0.5, 0.6) is 11.5 Å². The highest BCUT2D eigenvalue weighted by atomic mass is 19.1. The van der Waals surface area contributed by atoms with Gasteiger partial charge in [0.25, 0.3) is 0 Å². The number of aromatic carboxylic acids is 1. The number of hydrogen-bond donors (Lipinski definition) is 2. The summed E-state index contributed by atoms with van der Waals surface area (Å²) in [6.07, 6.45) is -5.52. The Balaban J connectivity index is 1.55. The van der Waals surface area contributed by atoms with Crippen LogP contribution < -0.4 is 9.47 Å². The summed E-state index contributed by atoms with van der Waals surface area (Å²) >= 11 is 0. The van der Waals surface area contributed by atoms with Crippen LogP contribution in [0.4, 0.5) is 18.4 Å². The second-order valence-corrected chi connectivity index (χ2v) is 13.8. The van der Waals surface area contributed by atoms with Crippen molar-refractivity contribution in [1.82, 2.24) is 9.80 Å². The van der Waals surface area contributed by atoms with Crippen LogP contribution in [0.3, 0.4) is 0 Å². The molecule has 0 bridgehead atoms. The van der Waals surface area contributed by atoms with E-state index in [1.54, 1.807) is 41.5 Å². The fourth-order valence-electron chi connectivity index (χ4n) is 5.24. The van der Waals surface area contributed by atoms with Crippen molar-refractivity contribution >= 4 is 24.1 Å². The van der Waals surface area contributed by atoms with Gasteiger partial charge in [0.1, 0.15) is 63.8 Å². The Bertz CT molecular complexity index is 1560. The van der Waals surface area contributed by atoms with Crippen LogP contribution in [0.2, 0.25) is 0 Å². The molecule has 0 saturated carbocycles. The van der Waals surface area contributed by atoms with E-state index in [1.807, 2.05) is 0 Å². The molecule has 0 aromatic heterocycles. The molecule has 49 heavy (non-hydrogen) atoms. The summed E-state index contributed by atoms with van der Waals surface area (Å²) < 4.78 is 57.0. The maximum Gasteiger partial charge on any atom is 0.410 e. The summed E-state index contributed by atoms with van der Waals surface area (Å²) in [5.74, 6) is -4.42. The van der Waals surface area contributed by atoms with Crippen LogP contribution in [0.25, 0.3) is 0 Å². The number of rotatable bonds is 7. The highest BCUT2D eigenvalue weighted by Gasteiger charge is 2.39. The van der Waals surface area contributed by atoms with Crippen molar-refractivity contribution in [3.05, 3.63) is 59.2 Å². The minimum Gasteiger partial charge on any atom is -0.487 e. The van der Waals surface area contributed by atoms with Gasteiger partial charge in [-0.3, -0.25) is 0 Å². The lowest BCUT2D eigenvalue weighted by atomic mass is 10.0. The van der Waals surface area contributed by atoms with Crippen molar-refractivity contribution in [2.75, 3.05) is 26.2 Å². The lowest BCUT2D eigenvalue weighted by Crippen LogP contribution is -2.53. The number of β-amino-alcohol motifs (C(OH)–C–C–N with tert-alkyl or cyclic N) is 1. The molecule has 268 valence electrons. The first kappa shape index (κ1) is 37.2. The molecule has 2 amide bonds. The Labute approximate surface area is 282 Å². The number of carbonyl (C=O) groups is 4. The molecule has 2 N–H and O–H groups in total. The molecular formula is C34H42F2N2O11. The quantitative estimate of drug-likeness (QED) is 0.296. The van der Waals surface area contributed by atoms with E-state index in [-0.39, 0.29) is 61.6 Å². The van der Waals surface area contributed by atoms with E-state index in [4.69, 9.17) is 23.7 Å². The average Bonchev–Trinajstić information content (AvgIpc) is 2.97. The molecule has 4 atom stereocenters. The summed E-state index contributed by atoms with van der Waals surface area (Å²) in [6, 6.07) is 6.00. The number of amides is 2. The number of carboxylic acid groups (broad SMARTS) is 1. The Morgan fingerprint density at radius 1 is 0.714 bits per heavy atom. The molecule has 2 aliphatic heterocycles. The van der Waals surface area contributed by atoms with Crippen LogP contribution >= 0.6 is 0 Å².